The van der Waals surface area contributed by atoms with Gasteiger partial charge in [0.2, 0.25) is 5.91 Å². The van der Waals surface area contributed by atoms with Crippen LogP contribution in [0.2, 0.25) is 0 Å². The van der Waals surface area contributed by atoms with Crippen molar-refractivity contribution < 1.29 is 4.79 Å². The predicted octanol–water partition coefficient (Wildman–Crippen LogP) is 1.69. The van der Waals surface area contributed by atoms with Crippen molar-refractivity contribution in [3.05, 3.63) is 0 Å². The summed E-state index contributed by atoms with van der Waals surface area (Å²) in [6.45, 7) is 6.40. The third kappa shape index (κ3) is 3.73. The molecule has 4 nitrogen and oxygen atoms in total. The normalized spacial score (nSPS) is 29.4. The Kier molecular flexibility index (Phi) is 5.85. The van der Waals surface area contributed by atoms with Gasteiger partial charge in [-0.2, -0.15) is 0 Å². The van der Waals surface area contributed by atoms with Crippen LogP contribution in [-0.4, -0.2) is 55.0 Å². The van der Waals surface area contributed by atoms with Gasteiger partial charge < -0.3 is 15.5 Å². The second-order valence-corrected chi connectivity index (χ2v) is 6.57. The van der Waals surface area contributed by atoms with Crippen LogP contribution < -0.4 is 5.73 Å². The Labute approximate surface area is 123 Å². The highest BCUT2D eigenvalue weighted by atomic mass is 16.2. The molecule has 1 amide bonds. The number of amides is 1. The van der Waals surface area contributed by atoms with Crippen molar-refractivity contribution in [3.8, 4) is 0 Å². The van der Waals surface area contributed by atoms with E-state index in [1.165, 1.54) is 0 Å². The Morgan fingerprint density at radius 1 is 1.15 bits per heavy atom. The Bertz CT molecular complexity index is 305. The van der Waals surface area contributed by atoms with Gasteiger partial charge in [-0.1, -0.05) is 6.92 Å². The average Bonchev–Trinajstić information content (AvgIpc) is 2.53. The van der Waals surface area contributed by atoms with E-state index >= 15 is 0 Å². The molecule has 2 fully saturated rings. The van der Waals surface area contributed by atoms with Gasteiger partial charge in [-0.25, -0.2) is 0 Å². The van der Waals surface area contributed by atoms with Crippen LogP contribution in [0.1, 0.15) is 45.4 Å². The lowest BCUT2D eigenvalue weighted by Crippen LogP contribution is -2.47. The van der Waals surface area contributed by atoms with Crippen molar-refractivity contribution in [2.45, 2.75) is 51.5 Å². The van der Waals surface area contributed by atoms with Gasteiger partial charge in [-0.15, -0.1) is 0 Å². The van der Waals surface area contributed by atoms with E-state index < -0.39 is 0 Å². The number of nitrogens with zero attached hydrogens (tertiary/aromatic N) is 2. The van der Waals surface area contributed by atoms with Gasteiger partial charge in [-0.05, 0) is 57.5 Å². The first-order chi connectivity index (χ1) is 9.65. The fraction of sp³-hybridized carbons (Fsp3) is 0.938. The molecule has 0 atom stereocenters. The van der Waals surface area contributed by atoms with Gasteiger partial charge in [0.15, 0.2) is 0 Å². The zero-order chi connectivity index (χ0) is 14.5. The highest BCUT2D eigenvalue weighted by Crippen LogP contribution is 2.30. The molecule has 0 unspecified atom stereocenters. The molecule has 4 heteroatoms. The molecule has 1 aliphatic heterocycles. The van der Waals surface area contributed by atoms with Crippen molar-refractivity contribution in [2.24, 2.45) is 17.6 Å². The molecular formula is C16H31N3O. The first-order valence-corrected chi connectivity index (χ1v) is 8.34. The minimum absolute atomic E-state index is 0.256. The molecule has 1 aliphatic carbocycles. The first-order valence-electron chi connectivity index (χ1n) is 8.34. The summed E-state index contributed by atoms with van der Waals surface area (Å²) in [6.07, 6.45) is 6.62. The monoisotopic (exact) mass is 281 g/mol. The molecule has 2 N–H and O–H groups in total. The van der Waals surface area contributed by atoms with E-state index in [9.17, 15) is 4.79 Å². The van der Waals surface area contributed by atoms with Gasteiger partial charge in [0.05, 0.1) is 0 Å². The molecule has 20 heavy (non-hydrogen) atoms. The van der Waals surface area contributed by atoms with Crippen molar-refractivity contribution in [1.29, 1.82) is 0 Å². The van der Waals surface area contributed by atoms with E-state index in [-0.39, 0.29) is 5.92 Å². The molecule has 2 rings (SSSR count). The van der Waals surface area contributed by atoms with Crippen LogP contribution in [0.4, 0.5) is 0 Å². The first kappa shape index (κ1) is 15.8. The Morgan fingerprint density at radius 2 is 1.75 bits per heavy atom. The number of piperidine rings is 1. The summed E-state index contributed by atoms with van der Waals surface area (Å²) in [7, 11) is 2.02. The summed E-state index contributed by atoms with van der Waals surface area (Å²) in [5.41, 5.74) is 5.73. The second kappa shape index (κ2) is 7.41. The summed E-state index contributed by atoms with van der Waals surface area (Å²) < 4.78 is 0. The number of hydrogen-bond acceptors (Lipinski definition) is 3. The molecule has 0 aromatic carbocycles. The summed E-state index contributed by atoms with van der Waals surface area (Å²) >= 11 is 0. The summed E-state index contributed by atoms with van der Waals surface area (Å²) in [6, 6.07) is 0.456. The number of carbonyl (C=O) groups excluding carboxylic acids is 1. The van der Waals surface area contributed by atoms with E-state index in [4.69, 9.17) is 5.73 Å². The Hall–Kier alpha value is -0.610. The number of likely N-dealkylation sites (tertiary alicyclic amines) is 1. The van der Waals surface area contributed by atoms with Crippen LogP contribution >= 0.6 is 0 Å². The molecule has 0 aromatic rings. The zero-order valence-corrected chi connectivity index (χ0v) is 13.2. The highest BCUT2D eigenvalue weighted by molar-refractivity contribution is 5.79. The maximum absolute atomic E-state index is 12.6. The van der Waals surface area contributed by atoms with Crippen LogP contribution in [0.15, 0.2) is 0 Å². The quantitative estimate of drug-likeness (QED) is 0.853. The number of rotatable bonds is 4. The summed E-state index contributed by atoms with van der Waals surface area (Å²) in [5, 5.41) is 0. The molecule has 1 heterocycles. The minimum Gasteiger partial charge on any atom is -0.342 e. The van der Waals surface area contributed by atoms with Crippen molar-refractivity contribution >= 4 is 5.91 Å². The van der Waals surface area contributed by atoms with Crippen molar-refractivity contribution in [3.63, 3.8) is 0 Å². The minimum atomic E-state index is 0.256. The van der Waals surface area contributed by atoms with E-state index in [2.05, 4.69) is 16.7 Å². The topological polar surface area (TPSA) is 49.6 Å². The van der Waals surface area contributed by atoms with Crippen LogP contribution in [0.3, 0.4) is 0 Å². The van der Waals surface area contributed by atoms with Crippen molar-refractivity contribution in [2.75, 3.05) is 33.2 Å². The Morgan fingerprint density at radius 3 is 2.25 bits per heavy atom. The molecule has 0 spiro atoms. The molecule has 0 radical (unpaired) electrons. The molecule has 0 bridgehead atoms. The fourth-order valence-corrected chi connectivity index (χ4v) is 3.74. The van der Waals surface area contributed by atoms with E-state index in [1.807, 2.05) is 7.05 Å². The maximum atomic E-state index is 12.6. The van der Waals surface area contributed by atoms with Crippen molar-refractivity contribution in [1.82, 2.24) is 9.80 Å². The molecular weight excluding hydrogens is 250 g/mol. The number of nitrogens with two attached hydrogens (primary N) is 1. The molecule has 1 saturated heterocycles. The van der Waals surface area contributed by atoms with Crippen LogP contribution in [0.25, 0.3) is 0 Å². The highest BCUT2D eigenvalue weighted by Gasteiger charge is 2.31. The smallest absolute Gasteiger partial charge is 0.225 e. The molecule has 116 valence electrons. The predicted molar refractivity (Wildman–Crippen MR) is 82.4 cm³/mol. The van der Waals surface area contributed by atoms with Crippen LogP contribution in [-0.2, 0) is 4.79 Å². The SMILES string of the molecule is CCN1CCC(N(C)C(=O)C2CCC(CN)CC2)CC1. The third-order valence-corrected chi connectivity index (χ3v) is 5.43. The van der Waals surface area contributed by atoms with Gasteiger partial charge in [-0.3, -0.25) is 4.79 Å². The lowest BCUT2D eigenvalue weighted by atomic mass is 9.81. The molecule has 1 saturated carbocycles. The largest absolute Gasteiger partial charge is 0.342 e. The molecule has 2 aliphatic rings. The molecule has 0 aromatic heterocycles. The number of hydrogen-bond donors (Lipinski definition) is 1. The van der Waals surface area contributed by atoms with E-state index in [1.54, 1.807) is 0 Å². The standard InChI is InChI=1S/C16H31N3O/c1-3-19-10-8-15(9-11-19)18(2)16(20)14-6-4-13(12-17)5-7-14/h13-15H,3-12,17H2,1-2H3. The van der Waals surface area contributed by atoms with E-state index in [0.717, 1.165) is 64.7 Å². The second-order valence-electron chi connectivity index (χ2n) is 6.57. The number of carbonyl (C=O) groups is 1. The van der Waals surface area contributed by atoms with Gasteiger partial charge in [0, 0.05) is 32.1 Å². The Balaban J connectivity index is 1.80. The maximum Gasteiger partial charge on any atom is 0.225 e. The zero-order valence-electron chi connectivity index (χ0n) is 13.2. The lowest BCUT2D eigenvalue weighted by molar-refractivity contribution is -0.138. The van der Waals surface area contributed by atoms with Crippen LogP contribution in [0, 0.1) is 11.8 Å². The van der Waals surface area contributed by atoms with Crippen LogP contribution in [0.5, 0.6) is 0 Å². The van der Waals surface area contributed by atoms with Gasteiger partial charge >= 0.3 is 0 Å². The third-order valence-electron chi connectivity index (χ3n) is 5.43. The van der Waals surface area contributed by atoms with Gasteiger partial charge in [0.25, 0.3) is 0 Å². The lowest BCUT2D eigenvalue weighted by Gasteiger charge is -2.38. The van der Waals surface area contributed by atoms with E-state index in [0.29, 0.717) is 17.9 Å². The summed E-state index contributed by atoms with van der Waals surface area (Å²) in [5.74, 6) is 1.29. The fourth-order valence-electron chi connectivity index (χ4n) is 3.74. The van der Waals surface area contributed by atoms with Gasteiger partial charge in [0.1, 0.15) is 0 Å². The average molecular weight is 281 g/mol. The summed E-state index contributed by atoms with van der Waals surface area (Å²) in [4.78, 5) is 17.2.